The topological polar surface area (TPSA) is 78.9 Å². The van der Waals surface area contributed by atoms with Crippen molar-refractivity contribution in [2.24, 2.45) is 0 Å². The molecule has 0 N–H and O–H groups in total. The fraction of sp³-hybridized carbons (Fsp3) is 0.638. The number of hydrogen-bond acceptors (Lipinski definition) is 6. The molecule has 0 amide bonds. The second-order valence-corrected chi connectivity index (χ2v) is 19.8. The third-order valence-corrected chi connectivity index (χ3v) is 12.6. The predicted octanol–water partition coefficient (Wildman–Crippen LogP) is 21.0. The molecule has 1 atom stereocenters. The zero-order valence-corrected chi connectivity index (χ0v) is 48.5. The summed E-state index contributed by atoms with van der Waals surface area (Å²) in [6.07, 6.45) is 87.3. The van der Waals surface area contributed by atoms with E-state index in [-0.39, 0.29) is 31.1 Å². The Balaban J connectivity index is 4.44. The van der Waals surface area contributed by atoms with E-state index in [1.54, 1.807) is 0 Å². The molecule has 0 aliphatic heterocycles. The molecule has 0 aromatic carbocycles. The van der Waals surface area contributed by atoms with Crippen LogP contribution in [0.3, 0.4) is 0 Å². The van der Waals surface area contributed by atoms with Crippen molar-refractivity contribution >= 4 is 17.9 Å². The van der Waals surface area contributed by atoms with Crippen LogP contribution >= 0.6 is 0 Å². The largest absolute Gasteiger partial charge is 0.462 e. The Morgan fingerprint density at radius 1 is 0.280 bits per heavy atom. The average molecular weight is 1040 g/mol. The van der Waals surface area contributed by atoms with Gasteiger partial charge in [-0.25, -0.2) is 0 Å². The van der Waals surface area contributed by atoms with Gasteiger partial charge in [0.05, 0.1) is 0 Å². The Bertz CT molecular complexity index is 1620. The lowest BCUT2D eigenvalue weighted by Gasteiger charge is -2.18. The second-order valence-electron chi connectivity index (χ2n) is 19.8. The van der Waals surface area contributed by atoms with Gasteiger partial charge in [-0.2, -0.15) is 0 Å². The van der Waals surface area contributed by atoms with Crippen LogP contribution in [-0.2, 0) is 28.6 Å². The standard InChI is InChI=1S/C69H112O6/c1-4-7-10-13-16-19-22-25-27-29-31-33-34-36-37-39-41-44-47-50-53-56-59-62-68(71)74-65-66(64-73-67(70)61-58-55-52-49-46-43-24-21-18-15-12-9-6-3)75-69(72)63-60-57-54-51-48-45-42-40-38-35-32-30-28-26-23-20-17-14-11-8-5-2/h7-8,10-11,16-17,19-21,24-28,31-33,35-37,40,42,66H,4-6,9,12-15,18,22-23,29-30,34,38-39,41,43-65H2,1-3H3/b10-7-,11-8-,19-16-,20-17-,24-21-,27-25-,28-26-,33-31-,35-32-,37-36-,42-40-. The van der Waals surface area contributed by atoms with Crippen molar-refractivity contribution in [1.82, 2.24) is 0 Å². The maximum Gasteiger partial charge on any atom is 0.306 e. The van der Waals surface area contributed by atoms with Crippen molar-refractivity contribution in [2.45, 2.75) is 271 Å². The molecule has 0 heterocycles. The Hall–Kier alpha value is -4.45. The summed E-state index contributed by atoms with van der Waals surface area (Å²) in [4.78, 5) is 38.3. The summed E-state index contributed by atoms with van der Waals surface area (Å²) >= 11 is 0. The van der Waals surface area contributed by atoms with Crippen molar-refractivity contribution in [3.63, 3.8) is 0 Å². The normalized spacial score (nSPS) is 13.1. The molecule has 0 aromatic heterocycles. The highest BCUT2D eigenvalue weighted by Gasteiger charge is 2.19. The first-order valence-corrected chi connectivity index (χ1v) is 30.7. The summed E-state index contributed by atoms with van der Waals surface area (Å²) in [5, 5.41) is 0. The van der Waals surface area contributed by atoms with Crippen LogP contribution in [0.2, 0.25) is 0 Å². The summed E-state index contributed by atoms with van der Waals surface area (Å²) in [6.45, 7) is 6.37. The van der Waals surface area contributed by atoms with Gasteiger partial charge in [0.25, 0.3) is 0 Å². The van der Waals surface area contributed by atoms with Crippen LogP contribution in [0.15, 0.2) is 134 Å². The minimum absolute atomic E-state index is 0.0977. The number of rotatable bonds is 54. The van der Waals surface area contributed by atoms with E-state index in [0.29, 0.717) is 19.3 Å². The van der Waals surface area contributed by atoms with Crippen LogP contribution in [0.25, 0.3) is 0 Å². The first-order valence-electron chi connectivity index (χ1n) is 30.7. The molecule has 0 saturated heterocycles. The van der Waals surface area contributed by atoms with E-state index >= 15 is 0 Å². The fourth-order valence-corrected chi connectivity index (χ4v) is 8.08. The van der Waals surface area contributed by atoms with E-state index in [4.69, 9.17) is 14.2 Å². The zero-order chi connectivity index (χ0) is 54.3. The summed E-state index contributed by atoms with van der Waals surface area (Å²) in [6, 6.07) is 0. The van der Waals surface area contributed by atoms with Crippen molar-refractivity contribution in [1.29, 1.82) is 0 Å². The number of allylic oxidation sites excluding steroid dienone is 22. The third-order valence-electron chi connectivity index (χ3n) is 12.6. The van der Waals surface area contributed by atoms with Crippen LogP contribution in [0.1, 0.15) is 265 Å². The lowest BCUT2D eigenvalue weighted by Crippen LogP contribution is -2.30. The number of ether oxygens (including phenoxy) is 3. The lowest BCUT2D eigenvalue weighted by molar-refractivity contribution is -0.167. The SMILES string of the molecule is CC/C=C\C/C=C\C/C=C\C/C=C\C/C=C\CCCCCCCCCC(=O)OCC(COC(=O)CCCCCCC/C=C\CCCCCC)OC(=O)CCCCCCC/C=C\C/C=C\C/C=C\C/C=C\C/C=C\CC. The van der Waals surface area contributed by atoms with E-state index in [2.05, 4.69) is 154 Å². The zero-order valence-electron chi connectivity index (χ0n) is 48.5. The van der Waals surface area contributed by atoms with Gasteiger partial charge in [0.15, 0.2) is 6.10 Å². The number of esters is 3. The van der Waals surface area contributed by atoms with Crippen LogP contribution in [-0.4, -0.2) is 37.2 Å². The average Bonchev–Trinajstić information content (AvgIpc) is 3.41. The van der Waals surface area contributed by atoms with Gasteiger partial charge in [-0.1, -0.05) is 244 Å². The molecular weight excluding hydrogens is 925 g/mol. The van der Waals surface area contributed by atoms with Gasteiger partial charge in [-0.15, -0.1) is 0 Å². The lowest BCUT2D eigenvalue weighted by atomic mass is 10.1. The van der Waals surface area contributed by atoms with E-state index in [1.165, 1.54) is 64.2 Å². The first kappa shape index (κ1) is 70.5. The molecule has 0 aliphatic carbocycles. The van der Waals surface area contributed by atoms with Crippen molar-refractivity contribution in [3.8, 4) is 0 Å². The van der Waals surface area contributed by atoms with Gasteiger partial charge in [0.2, 0.25) is 0 Å². The summed E-state index contributed by atoms with van der Waals surface area (Å²) in [7, 11) is 0. The maximum absolute atomic E-state index is 12.9. The van der Waals surface area contributed by atoms with Crippen LogP contribution in [0.5, 0.6) is 0 Å². The maximum atomic E-state index is 12.9. The molecule has 0 saturated carbocycles. The minimum Gasteiger partial charge on any atom is -0.462 e. The number of hydrogen-bond donors (Lipinski definition) is 0. The van der Waals surface area contributed by atoms with E-state index in [1.807, 2.05) is 0 Å². The molecule has 0 rings (SSSR count). The van der Waals surface area contributed by atoms with Gasteiger partial charge in [0.1, 0.15) is 13.2 Å². The molecule has 0 radical (unpaired) electrons. The molecule has 75 heavy (non-hydrogen) atoms. The Morgan fingerprint density at radius 3 is 0.827 bits per heavy atom. The molecule has 0 aliphatic rings. The first-order chi connectivity index (χ1) is 37.0. The van der Waals surface area contributed by atoms with Crippen molar-refractivity contribution < 1.29 is 28.6 Å². The van der Waals surface area contributed by atoms with E-state index in [9.17, 15) is 14.4 Å². The smallest absolute Gasteiger partial charge is 0.306 e. The monoisotopic (exact) mass is 1040 g/mol. The van der Waals surface area contributed by atoms with E-state index in [0.717, 1.165) is 161 Å². The predicted molar refractivity (Wildman–Crippen MR) is 325 cm³/mol. The molecule has 6 heteroatoms. The number of unbranched alkanes of at least 4 members (excludes halogenated alkanes) is 21. The number of carbonyl (C=O) groups is 3. The summed E-state index contributed by atoms with van der Waals surface area (Å²) < 4.78 is 16.9. The van der Waals surface area contributed by atoms with Crippen molar-refractivity contribution in [2.75, 3.05) is 13.2 Å². The van der Waals surface area contributed by atoms with Crippen LogP contribution in [0.4, 0.5) is 0 Å². The van der Waals surface area contributed by atoms with Crippen LogP contribution in [0, 0.1) is 0 Å². The fourth-order valence-electron chi connectivity index (χ4n) is 8.08. The molecule has 0 bridgehead atoms. The quantitative estimate of drug-likeness (QED) is 0.0261. The third kappa shape index (κ3) is 60.3. The molecule has 0 aromatic rings. The minimum atomic E-state index is -0.803. The Morgan fingerprint density at radius 2 is 0.520 bits per heavy atom. The molecule has 424 valence electrons. The van der Waals surface area contributed by atoms with Gasteiger partial charge in [0, 0.05) is 19.3 Å². The number of carbonyl (C=O) groups excluding carboxylic acids is 3. The highest BCUT2D eigenvalue weighted by Crippen LogP contribution is 2.14. The van der Waals surface area contributed by atoms with E-state index < -0.39 is 6.10 Å². The Labute approximate surface area is 462 Å². The van der Waals surface area contributed by atoms with Gasteiger partial charge in [-0.3, -0.25) is 14.4 Å². The molecule has 1 unspecified atom stereocenters. The molecule has 6 nitrogen and oxygen atoms in total. The Kier molecular flexibility index (Phi) is 58.4. The van der Waals surface area contributed by atoms with Crippen LogP contribution < -0.4 is 0 Å². The molecule has 0 fully saturated rings. The van der Waals surface area contributed by atoms with Gasteiger partial charge < -0.3 is 14.2 Å². The molecular formula is C69H112O6. The van der Waals surface area contributed by atoms with Crippen molar-refractivity contribution in [3.05, 3.63) is 134 Å². The second kappa shape index (κ2) is 62.1. The highest BCUT2D eigenvalue weighted by molar-refractivity contribution is 5.71. The van der Waals surface area contributed by atoms with Gasteiger partial charge >= 0.3 is 17.9 Å². The van der Waals surface area contributed by atoms with Gasteiger partial charge in [-0.05, 0) is 135 Å². The summed E-state index contributed by atoms with van der Waals surface area (Å²) in [5.41, 5.74) is 0. The highest BCUT2D eigenvalue weighted by atomic mass is 16.6. The summed E-state index contributed by atoms with van der Waals surface area (Å²) in [5.74, 6) is -0.936. The molecule has 0 spiro atoms.